The minimum Gasteiger partial charge on any atom is -0.455 e. The van der Waals surface area contributed by atoms with Gasteiger partial charge in [-0.05, 0) is 57.6 Å². The van der Waals surface area contributed by atoms with Crippen LogP contribution in [0.25, 0.3) is 83.6 Å². The molecule has 8 aromatic carbocycles. The highest BCUT2D eigenvalue weighted by Crippen LogP contribution is 2.56. The molecule has 0 bridgehead atoms. The minimum absolute atomic E-state index is 0.538. The number of para-hydroxylation sites is 3. The average molecular weight is 729 g/mol. The van der Waals surface area contributed by atoms with Gasteiger partial charge in [0.15, 0.2) is 11.6 Å². The summed E-state index contributed by atoms with van der Waals surface area (Å²) in [6.45, 7) is 0. The monoisotopic (exact) mass is 728 g/mol. The van der Waals surface area contributed by atoms with Gasteiger partial charge in [0.1, 0.15) is 11.2 Å². The average Bonchev–Trinajstić information content (AvgIpc) is 3.93. The Morgan fingerprint density at radius 1 is 0.404 bits per heavy atom. The van der Waals surface area contributed by atoms with Crippen molar-refractivity contribution in [1.82, 2.24) is 19.5 Å². The van der Waals surface area contributed by atoms with E-state index in [0.29, 0.717) is 17.6 Å². The van der Waals surface area contributed by atoms with E-state index in [4.69, 9.17) is 19.4 Å². The zero-order chi connectivity index (χ0) is 37.5. The first-order valence-electron chi connectivity index (χ1n) is 19.3. The van der Waals surface area contributed by atoms with Crippen LogP contribution in [0.5, 0.6) is 0 Å². The Morgan fingerprint density at radius 2 is 1.00 bits per heavy atom. The highest BCUT2D eigenvalue weighted by atomic mass is 16.3. The molecule has 0 saturated heterocycles. The van der Waals surface area contributed by atoms with E-state index >= 15 is 0 Å². The fourth-order valence-corrected chi connectivity index (χ4v) is 9.36. The van der Waals surface area contributed by atoms with Crippen molar-refractivity contribution in [3.63, 3.8) is 0 Å². The molecule has 0 atom stereocenters. The van der Waals surface area contributed by atoms with Gasteiger partial charge in [-0.2, -0.15) is 9.97 Å². The Morgan fingerprint density at radius 3 is 1.79 bits per heavy atom. The fraction of sp³-hybridized carbons (Fsp3) is 0.0192. The predicted molar refractivity (Wildman–Crippen MR) is 230 cm³/mol. The number of fused-ring (bicyclic) bond motifs is 9. The summed E-state index contributed by atoms with van der Waals surface area (Å²) in [7, 11) is 0. The lowest BCUT2D eigenvalue weighted by Crippen LogP contribution is -2.28. The van der Waals surface area contributed by atoms with Crippen molar-refractivity contribution in [3.05, 3.63) is 216 Å². The van der Waals surface area contributed by atoms with E-state index in [0.717, 1.165) is 54.9 Å². The Hall–Kier alpha value is -7.63. The molecular formula is C52H32N4O. The summed E-state index contributed by atoms with van der Waals surface area (Å²) in [5, 5.41) is 4.34. The zero-order valence-corrected chi connectivity index (χ0v) is 30.7. The van der Waals surface area contributed by atoms with E-state index in [9.17, 15) is 0 Å². The van der Waals surface area contributed by atoms with Crippen molar-refractivity contribution in [2.75, 3.05) is 0 Å². The lowest BCUT2D eigenvalue weighted by Gasteiger charge is -2.34. The first kappa shape index (κ1) is 31.7. The van der Waals surface area contributed by atoms with E-state index in [1.54, 1.807) is 0 Å². The molecule has 0 fully saturated rings. The van der Waals surface area contributed by atoms with Gasteiger partial charge in [0.2, 0.25) is 5.95 Å². The summed E-state index contributed by atoms with van der Waals surface area (Å²) in [6, 6.07) is 68.7. The maximum absolute atomic E-state index is 6.53. The molecule has 3 aromatic heterocycles. The molecule has 5 nitrogen and oxygen atoms in total. The van der Waals surface area contributed by atoms with Crippen LogP contribution in [0.2, 0.25) is 0 Å². The van der Waals surface area contributed by atoms with Crippen molar-refractivity contribution in [1.29, 1.82) is 0 Å². The third kappa shape index (κ3) is 4.54. The summed E-state index contributed by atoms with van der Waals surface area (Å²) in [5.41, 5.74) is 12.2. The van der Waals surface area contributed by atoms with Crippen molar-refractivity contribution in [2.45, 2.75) is 5.41 Å². The number of benzene rings is 8. The molecule has 266 valence electrons. The molecule has 0 saturated carbocycles. The molecule has 1 aliphatic carbocycles. The second-order valence-corrected chi connectivity index (χ2v) is 14.7. The van der Waals surface area contributed by atoms with E-state index in [1.165, 1.54) is 33.4 Å². The summed E-state index contributed by atoms with van der Waals surface area (Å²) in [6.07, 6.45) is 0. The van der Waals surface area contributed by atoms with Gasteiger partial charge >= 0.3 is 0 Å². The molecule has 0 aliphatic heterocycles. The minimum atomic E-state index is -0.555. The summed E-state index contributed by atoms with van der Waals surface area (Å²) in [5.74, 6) is 1.67. The topological polar surface area (TPSA) is 56.7 Å². The lowest BCUT2D eigenvalue weighted by molar-refractivity contribution is 0.669. The zero-order valence-electron chi connectivity index (χ0n) is 30.7. The van der Waals surface area contributed by atoms with Crippen LogP contribution < -0.4 is 0 Å². The normalized spacial score (nSPS) is 13.1. The Kier molecular flexibility index (Phi) is 6.78. The van der Waals surface area contributed by atoms with Crippen LogP contribution in [0.4, 0.5) is 0 Å². The maximum atomic E-state index is 6.53. The SMILES string of the molecule is c1ccc(-c2nc(-c3cccc4c3oc3ccccc34)nc(-n3c4ccccc4c4ccc(C5(c6ccccc6)c6ccccc6-c6ccccc65)cc43)n2)cc1. The number of rotatable bonds is 5. The van der Waals surface area contributed by atoms with Gasteiger partial charge in [0.25, 0.3) is 0 Å². The quantitative estimate of drug-likeness (QED) is 0.177. The summed E-state index contributed by atoms with van der Waals surface area (Å²) >= 11 is 0. The van der Waals surface area contributed by atoms with E-state index < -0.39 is 5.41 Å². The van der Waals surface area contributed by atoms with Crippen molar-refractivity contribution < 1.29 is 4.42 Å². The third-order valence-corrected chi connectivity index (χ3v) is 11.8. The predicted octanol–water partition coefficient (Wildman–Crippen LogP) is 12.6. The largest absolute Gasteiger partial charge is 0.455 e. The molecule has 0 unspecified atom stereocenters. The van der Waals surface area contributed by atoms with E-state index in [-0.39, 0.29) is 0 Å². The molecule has 0 N–H and O–H groups in total. The van der Waals surface area contributed by atoms with Gasteiger partial charge in [-0.3, -0.25) is 4.57 Å². The number of hydrogen-bond donors (Lipinski definition) is 0. The second-order valence-electron chi connectivity index (χ2n) is 14.7. The highest BCUT2D eigenvalue weighted by Gasteiger charge is 2.46. The highest BCUT2D eigenvalue weighted by molar-refractivity contribution is 6.10. The maximum Gasteiger partial charge on any atom is 0.238 e. The fourth-order valence-electron chi connectivity index (χ4n) is 9.36. The van der Waals surface area contributed by atoms with Gasteiger partial charge in [0.05, 0.1) is 22.0 Å². The number of furan rings is 1. The van der Waals surface area contributed by atoms with Gasteiger partial charge < -0.3 is 4.42 Å². The lowest BCUT2D eigenvalue weighted by atomic mass is 9.67. The first-order chi connectivity index (χ1) is 28.3. The Balaban J connectivity index is 1.17. The van der Waals surface area contributed by atoms with Crippen LogP contribution in [-0.4, -0.2) is 19.5 Å². The number of nitrogens with zero attached hydrogens (tertiary/aromatic N) is 4. The van der Waals surface area contributed by atoms with E-state index in [1.807, 2.05) is 54.6 Å². The van der Waals surface area contributed by atoms with Crippen LogP contribution in [0.3, 0.4) is 0 Å². The van der Waals surface area contributed by atoms with Gasteiger partial charge in [-0.15, -0.1) is 0 Å². The van der Waals surface area contributed by atoms with Crippen molar-refractivity contribution >= 4 is 43.7 Å². The van der Waals surface area contributed by atoms with Gasteiger partial charge in [-0.25, -0.2) is 4.98 Å². The molecule has 0 amide bonds. The number of hydrogen-bond acceptors (Lipinski definition) is 4. The van der Waals surface area contributed by atoms with Crippen LogP contribution in [-0.2, 0) is 5.41 Å². The van der Waals surface area contributed by atoms with Crippen LogP contribution in [0.15, 0.2) is 199 Å². The Labute approximate surface area is 328 Å². The molecule has 1 aliphatic rings. The molecule has 0 spiro atoms. The van der Waals surface area contributed by atoms with E-state index in [2.05, 4.69) is 144 Å². The van der Waals surface area contributed by atoms with Gasteiger partial charge in [-0.1, -0.05) is 170 Å². The van der Waals surface area contributed by atoms with Crippen LogP contribution >= 0.6 is 0 Å². The van der Waals surface area contributed by atoms with Crippen molar-refractivity contribution in [2.24, 2.45) is 0 Å². The molecule has 12 rings (SSSR count). The molecule has 5 heteroatoms. The molecule has 3 heterocycles. The molecule has 0 radical (unpaired) electrons. The third-order valence-electron chi connectivity index (χ3n) is 11.8. The first-order valence-corrected chi connectivity index (χ1v) is 19.3. The Bertz CT molecular complexity index is 3320. The van der Waals surface area contributed by atoms with Crippen molar-refractivity contribution in [3.8, 4) is 39.9 Å². The standard InChI is InChI=1S/C52H32N4O/c1-3-16-33(17-4-1)49-53-50(42-25-15-24-41-40-23-10-14-29-47(40)57-48(41)42)55-51(54-49)56-45-28-13-9-22-38(45)39-31-30-35(32-46(39)56)52(34-18-5-2-6-19-34)43-26-11-7-20-36(43)37-21-8-12-27-44(37)52/h1-32H. The summed E-state index contributed by atoms with van der Waals surface area (Å²) < 4.78 is 8.75. The summed E-state index contributed by atoms with van der Waals surface area (Å²) in [4.78, 5) is 15.8. The molecule has 57 heavy (non-hydrogen) atoms. The van der Waals surface area contributed by atoms with Gasteiger partial charge in [0, 0.05) is 27.1 Å². The van der Waals surface area contributed by atoms with Crippen LogP contribution in [0, 0.1) is 0 Å². The molecule has 11 aromatic rings. The number of aromatic nitrogens is 4. The second kappa shape index (κ2) is 12.2. The smallest absolute Gasteiger partial charge is 0.238 e. The van der Waals surface area contributed by atoms with Crippen LogP contribution in [0.1, 0.15) is 22.3 Å². The molecular weight excluding hydrogens is 697 g/mol.